The summed E-state index contributed by atoms with van der Waals surface area (Å²) < 4.78 is 25.1. The molecule has 0 N–H and O–H groups in total. The van der Waals surface area contributed by atoms with E-state index in [1.54, 1.807) is 6.07 Å². The highest BCUT2D eigenvalue weighted by atomic mass is 19.1. The Balaban J connectivity index is 1.82. The van der Waals surface area contributed by atoms with E-state index in [2.05, 4.69) is 14.9 Å². The quantitative estimate of drug-likeness (QED) is 0.727. The van der Waals surface area contributed by atoms with Crippen LogP contribution in [0.15, 0.2) is 41.1 Å². The molecule has 5 nitrogen and oxygen atoms in total. The molecule has 0 amide bonds. The molecule has 1 aliphatic rings. The fourth-order valence-electron chi connectivity index (χ4n) is 2.97. The van der Waals surface area contributed by atoms with Gasteiger partial charge in [-0.25, -0.2) is 14.4 Å². The Labute approximate surface area is 132 Å². The van der Waals surface area contributed by atoms with Crippen molar-refractivity contribution in [3.63, 3.8) is 0 Å². The summed E-state index contributed by atoms with van der Waals surface area (Å²) in [6, 6.07) is 8.35. The highest BCUT2D eigenvalue weighted by Crippen LogP contribution is 2.33. The standard InChI is InChI=1S/C17H16FN3O2/c1-11-2-5-16(23-11)15-9-22-7-6-21(15)17-13-8-12(18)3-4-14(13)19-10-20-17/h2-5,8,10,15H,6-7,9H2,1H3. The Morgan fingerprint density at radius 2 is 2.13 bits per heavy atom. The van der Waals surface area contributed by atoms with Crippen molar-refractivity contribution in [2.45, 2.75) is 13.0 Å². The lowest BCUT2D eigenvalue weighted by atomic mass is 10.1. The number of benzene rings is 1. The van der Waals surface area contributed by atoms with Crippen LogP contribution in [0.2, 0.25) is 0 Å². The van der Waals surface area contributed by atoms with Crippen molar-refractivity contribution >= 4 is 16.7 Å². The lowest BCUT2D eigenvalue weighted by molar-refractivity contribution is 0.0871. The number of furan rings is 1. The van der Waals surface area contributed by atoms with E-state index in [-0.39, 0.29) is 11.9 Å². The molecule has 0 saturated carbocycles. The minimum atomic E-state index is -0.299. The van der Waals surface area contributed by atoms with Gasteiger partial charge in [-0.2, -0.15) is 0 Å². The van der Waals surface area contributed by atoms with Gasteiger partial charge in [0.15, 0.2) is 0 Å². The van der Waals surface area contributed by atoms with Crippen LogP contribution in [0.1, 0.15) is 17.6 Å². The number of aromatic nitrogens is 2. The van der Waals surface area contributed by atoms with E-state index in [0.717, 1.165) is 17.0 Å². The predicted molar refractivity (Wildman–Crippen MR) is 83.8 cm³/mol. The summed E-state index contributed by atoms with van der Waals surface area (Å²) in [4.78, 5) is 10.7. The van der Waals surface area contributed by atoms with Gasteiger partial charge < -0.3 is 14.1 Å². The number of hydrogen-bond donors (Lipinski definition) is 0. The third kappa shape index (κ3) is 2.55. The molecule has 23 heavy (non-hydrogen) atoms. The second kappa shape index (κ2) is 5.62. The molecular weight excluding hydrogens is 297 g/mol. The molecule has 0 bridgehead atoms. The first-order valence-electron chi connectivity index (χ1n) is 7.53. The molecular formula is C17H16FN3O2. The minimum Gasteiger partial charge on any atom is -0.464 e. The van der Waals surface area contributed by atoms with Crippen molar-refractivity contribution < 1.29 is 13.5 Å². The summed E-state index contributed by atoms with van der Waals surface area (Å²) in [5.41, 5.74) is 0.720. The van der Waals surface area contributed by atoms with Crippen LogP contribution in [-0.2, 0) is 4.74 Å². The summed E-state index contributed by atoms with van der Waals surface area (Å²) in [6.45, 7) is 3.67. The molecule has 1 unspecified atom stereocenters. The van der Waals surface area contributed by atoms with Gasteiger partial charge >= 0.3 is 0 Å². The zero-order valence-corrected chi connectivity index (χ0v) is 12.7. The molecule has 1 aromatic carbocycles. The number of halogens is 1. The van der Waals surface area contributed by atoms with Crippen LogP contribution in [0.5, 0.6) is 0 Å². The molecule has 118 valence electrons. The van der Waals surface area contributed by atoms with Crippen LogP contribution >= 0.6 is 0 Å². The molecule has 0 aliphatic carbocycles. The number of fused-ring (bicyclic) bond motifs is 1. The molecule has 1 aliphatic heterocycles. The SMILES string of the molecule is Cc1ccc(C2COCCN2c2ncnc3ccc(F)cc23)o1. The predicted octanol–water partition coefficient (Wildman–Crippen LogP) is 3.25. The average molecular weight is 313 g/mol. The maximum Gasteiger partial charge on any atom is 0.140 e. The first kappa shape index (κ1) is 14.1. The molecule has 6 heteroatoms. The second-order valence-corrected chi connectivity index (χ2v) is 5.59. The van der Waals surface area contributed by atoms with E-state index in [0.29, 0.717) is 31.0 Å². The Kier molecular flexibility index (Phi) is 3.46. The zero-order chi connectivity index (χ0) is 15.8. The molecule has 3 heterocycles. The number of morpholine rings is 1. The van der Waals surface area contributed by atoms with E-state index in [9.17, 15) is 4.39 Å². The van der Waals surface area contributed by atoms with Gasteiger partial charge in [-0.05, 0) is 37.3 Å². The number of aryl methyl sites for hydroxylation is 1. The van der Waals surface area contributed by atoms with E-state index in [1.807, 2.05) is 19.1 Å². The van der Waals surface area contributed by atoms with Crippen molar-refractivity contribution in [3.8, 4) is 0 Å². The highest BCUT2D eigenvalue weighted by Gasteiger charge is 2.29. The van der Waals surface area contributed by atoms with Gasteiger partial charge in [0.05, 0.1) is 18.7 Å². The molecule has 1 fully saturated rings. The lowest BCUT2D eigenvalue weighted by Gasteiger charge is -2.35. The molecule has 4 rings (SSSR count). The number of ether oxygens (including phenoxy) is 1. The second-order valence-electron chi connectivity index (χ2n) is 5.59. The normalized spacial score (nSPS) is 18.5. The number of anilines is 1. The molecule has 1 atom stereocenters. The van der Waals surface area contributed by atoms with E-state index in [4.69, 9.17) is 9.15 Å². The Hall–Kier alpha value is -2.47. The van der Waals surface area contributed by atoms with Crippen molar-refractivity contribution in [3.05, 3.63) is 54.0 Å². The molecule has 2 aromatic heterocycles. The average Bonchev–Trinajstić information content (AvgIpc) is 3.00. The topological polar surface area (TPSA) is 51.4 Å². The van der Waals surface area contributed by atoms with Crippen molar-refractivity contribution in [1.82, 2.24) is 9.97 Å². The number of rotatable bonds is 2. The Bertz CT molecular complexity index is 849. The van der Waals surface area contributed by atoms with Gasteiger partial charge in [0.25, 0.3) is 0 Å². The van der Waals surface area contributed by atoms with Gasteiger partial charge in [-0.15, -0.1) is 0 Å². The summed E-state index contributed by atoms with van der Waals surface area (Å²) in [7, 11) is 0. The van der Waals surface area contributed by atoms with Crippen LogP contribution in [0.4, 0.5) is 10.2 Å². The van der Waals surface area contributed by atoms with Crippen molar-refractivity contribution in [2.75, 3.05) is 24.7 Å². The fraction of sp³-hybridized carbons (Fsp3) is 0.294. The monoisotopic (exact) mass is 313 g/mol. The van der Waals surface area contributed by atoms with E-state index < -0.39 is 0 Å². The molecule has 3 aromatic rings. The Morgan fingerprint density at radius 1 is 1.22 bits per heavy atom. The number of nitrogens with zero attached hydrogens (tertiary/aromatic N) is 3. The van der Waals surface area contributed by atoms with Gasteiger partial charge in [-0.3, -0.25) is 0 Å². The zero-order valence-electron chi connectivity index (χ0n) is 12.7. The van der Waals surface area contributed by atoms with Gasteiger partial charge in [0.1, 0.15) is 35.5 Å². The smallest absolute Gasteiger partial charge is 0.140 e. The first-order valence-corrected chi connectivity index (χ1v) is 7.53. The summed E-state index contributed by atoms with van der Waals surface area (Å²) in [5, 5.41) is 0.697. The van der Waals surface area contributed by atoms with E-state index >= 15 is 0 Å². The maximum atomic E-state index is 13.7. The van der Waals surface area contributed by atoms with Crippen molar-refractivity contribution in [1.29, 1.82) is 0 Å². The van der Waals surface area contributed by atoms with Crippen molar-refractivity contribution in [2.24, 2.45) is 0 Å². The van der Waals surface area contributed by atoms with Crippen LogP contribution in [0.25, 0.3) is 10.9 Å². The summed E-state index contributed by atoms with van der Waals surface area (Å²) in [5.74, 6) is 2.08. The van der Waals surface area contributed by atoms with Gasteiger partial charge in [-0.1, -0.05) is 0 Å². The maximum absolute atomic E-state index is 13.7. The fourth-order valence-corrected chi connectivity index (χ4v) is 2.97. The highest BCUT2D eigenvalue weighted by molar-refractivity contribution is 5.89. The summed E-state index contributed by atoms with van der Waals surface area (Å²) in [6.07, 6.45) is 1.51. The lowest BCUT2D eigenvalue weighted by Crippen LogP contribution is -2.40. The van der Waals surface area contributed by atoms with Crippen LogP contribution in [0.3, 0.4) is 0 Å². The number of hydrogen-bond acceptors (Lipinski definition) is 5. The Morgan fingerprint density at radius 3 is 2.96 bits per heavy atom. The van der Waals surface area contributed by atoms with E-state index in [1.165, 1.54) is 18.5 Å². The van der Waals surface area contributed by atoms with Gasteiger partial charge in [0.2, 0.25) is 0 Å². The van der Waals surface area contributed by atoms with Crippen LogP contribution in [0, 0.1) is 12.7 Å². The van der Waals surface area contributed by atoms with Gasteiger partial charge in [0, 0.05) is 11.9 Å². The van der Waals surface area contributed by atoms with Crippen LogP contribution < -0.4 is 4.90 Å². The third-order valence-electron chi connectivity index (χ3n) is 4.07. The molecule has 1 saturated heterocycles. The minimum absolute atomic E-state index is 0.0844. The summed E-state index contributed by atoms with van der Waals surface area (Å²) >= 11 is 0. The first-order chi connectivity index (χ1) is 11.2. The van der Waals surface area contributed by atoms with Crippen LogP contribution in [-0.4, -0.2) is 29.7 Å². The third-order valence-corrected chi connectivity index (χ3v) is 4.07. The largest absolute Gasteiger partial charge is 0.464 e. The molecule has 0 radical (unpaired) electrons. The molecule has 0 spiro atoms.